The van der Waals surface area contributed by atoms with E-state index in [4.69, 9.17) is 0 Å². The van der Waals surface area contributed by atoms with E-state index in [2.05, 4.69) is 10.1 Å². The minimum Gasteiger partial charge on any atom is -0.308 e. The van der Waals surface area contributed by atoms with Gasteiger partial charge in [-0.2, -0.15) is 5.10 Å². The van der Waals surface area contributed by atoms with E-state index in [1.165, 1.54) is 15.6 Å². The Morgan fingerprint density at radius 1 is 1.03 bits per heavy atom. The zero-order valence-corrected chi connectivity index (χ0v) is 17.7. The zero-order valence-electron chi connectivity index (χ0n) is 17.7. The Morgan fingerprint density at radius 3 is 2.50 bits per heavy atom. The van der Waals surface area contributed by atoms with Gasteiger partial charge in [-0.3, -0.25) is 14.6 Å². The Morgan fingerprint density at radius 2 is 1.78 bits per heavy atom. The molecule has 0 aliphatic rings. The summed E-state index contributed by atoms with van der Waals surface area (Å²) < 4.78 is 15.6. The smallest absolute Gasteiger partial charge is 0.275 e. The van der Waals surface area contributed by atoms with Gasteiger partial charge in [-0.1, -0.05) is 43.3 Å². The fourth-order valence-corrected chi connectivity index (χ4v) is 3.73. The highest BCUT2D eigenvalue weighted by atomic mass is 19.1. The van der Waals surface area contributed by atoms with E-state index in [0.717, 1.165) is 10.9 Å². The van der Waals surface area contributed by atoms with Crippen LogP contribution in [0.1, 0.15) is 24.6 Å². The van der Waals surface area contributed by atoms with Crippen molar-refractivity contribution in [3.05, 3.63) is 100 Å². The maximum Gasteiger partial charge on any atom is 0.275 e. The summed E-state index contributed by atoms with van der Waals surface area (Å²) in [5.41, 5.74) is 1.47. The molecule has 0 bridgehead atoms. The van der Waals surface area contributed by atoms with Gasteiger partial charge in [0, 0.05) is 30.7 Å². The normalized spacial score (nSPS) is 10.9. The first-order chi connectivity index (χ1) is 15.6. The second kappa shape index (κ2) is 9.51. The minimum absolute atomic E-state index is 0.198. The van der Waals surface area contributed by atoms with Gasteiger partial charge >= 0.3 is 0 Å². The monoisotopic (exact) mass is 430 g/mol. The van der Waals surface area contributed by atoms with Crippen LogP contribution in [0.25, 0.3) is 10.8 Å². The zero-order chi connectivity index (χ0) is 22.5. The van der Waals surface area contributed by atoms with Crippen LogP contribution < -0.4 is 10.5 Å². The Kier molecular flexibility index (Phi) is 6.35. The number of para-hydroxylation sites is 1. The Bertz CT molecular complexity index is 1300. The summed E-state index contributed by atoms with van der Waals surface area (Å²) in [5, 5.41) is 5.76. The van der Waals surface area contributed by atoms with E-state index in [1.807, 2.05) is 31.2 Å². The Hall–Kier alpha value is -3.87. The molecule has 162 valence electrons. The number of hydrogen-bond donors (Lipinski definition) is 0. The predicted molar refractivity (Wildman–Crippen MR) is 122 cm³/mol. The summed E-state index contributed by atoms with van der Waals surface area (Å²) in [7, 11) is 0. The number of carbonyl (C=O) groups is 1. The average molecular weight is 430 g/mol. The number of pyridine rings is 1. The molecule has 0 radical (unpaired) electrons. The molecule has 0 N–H and O–H groups in total. The van der Waals surface area contributed by atoms with Crippen molar-refractivity contribution >= 4 is 22.4 Å². The van der Waals surface area contributed by atoms with Gasteiger partial charge in [0.1, 0.15) is 12.4 Å². The second-order valence-corrected chi connectivity index (χ2v) is 7.49. The standard InChI is InChI=1S/C25H23FN4O2/c1-2-14-29(23-12-6-5-11-21(23)26)24(31)17-30-25(32)20-10-4-3-9-19(20)22(28-30)15-18-8-7-13-27-16-18/h3-13,16H,2,14-15,17H2,1H3. The van der Waals surface area contributed by atoms with Crippen molar-refractivity contribution in [3.8, 4) is 0 Å². The summed E-state index contributed by atoms with van der Waals surface area (Å²) >= 11 is 0. The topological polar surface area (TPSA) is 68.1 Å². The minimum atomic E-state index is -0.481. The summed E-state index contributed by atoms with van der Waals surface area (Å²) in [6, 6.07) is 17.1. The van der Waals surface area contributed by atoms with Crippen LogP contribution >= 0.6 is 0 Å². The third-order valence-corrected chi connectivity index (χ3v) is 5.22. The molecule has 0 saturated heterocycles. The fraction of sp³-hybridized carbons (Fsp3) is 0.200. The molecule has 2 heterocycles. The molecule has 4 aromatic rings. The highest BCUT2D eigenvalue weighted by Gasteiger charge is 2.20. The van der Waals surface area contributed by atoms with Gasteiger partial charge in [0.2, 0.25) is 5.91 Å². The predicted octanol–water partition coefficient (Wildman–Crippen LogP) is 3.96. The van der Waals surface area contributed by atoms with Gasteiger partial charge in [-0.05, 0) is 36.2 Å². The van der Waals surface area contributed by atoms with Crippen LogP contribution in [-0.2, 0) is 17.8 Å². The lowest BCUT2D eigenvalue weighted by atomic mass is 10.1. The maximum absolute atomic E-state index is 14.4. The summed E-state index contributed by atoms with van der Waals surface area (Å²) in [6.45, 7) is 1.97. The number of fused-ring (bicyclic) bond motifs is 1. The molecular formula is C25H23FN4O2. The number of rotatable bonds is 7. The van der Waals surface area contributed by atoms with Crippen LogP contribution in [0, 0.1) is 5.82 Å². The van der Waals surface area contributed by atoms with Crippen LogP contribution in [0.2, 0.25) is 0 Å². The molecule has 0 fully saturated rings. The highest BCUT2D eigenvalue weighted by Crippen LogP contribution is 2.20. The number of aromatic nitrogens is 3. The van der Waals surface area contributed by atoms with E-state index < -0.39 is 11.7 Å². The summed E-state index contributed by atoms with van der Waals surface area (Å²) in [6.07, 6.45) is 4.55. The van der Waals surface area contributed by atoms with Crippen LogP contribution in [0.5, 0.6) is 0 Å². The van der Waals surface area contributed by atoms with Crippen molar-refractivity contribution in [3.63, 3.8) is 0 Å². The average Bonchev–Trinajstić information content (AvgIpc) is 2.82. The van der Waals surface area contributed by atoms with Crippen LogP contribution in [0.4, 0.5) is 10.1 Å². The van der Waals surface area contributed by atoms with Gasteiger partial charge in [-0.15, -0.1) is 0 Å². The number of anilines is 1. The SMILES string of the molecule is CCCN(C(=O)Cn1nc(Cc2cccnc2)c2ccccc2c1=O)c1ccccc1F. The summed E-state index contributed by atoms with van der Waals surface area (Å²) in [4.78, 5) is 31.8. The van der Waals surface area contributed by atoms with Gasteiger partial charge in [0.25, 0.3) is 5.56 Å². The first-order valence-corrected chi connectivity index (χ1v) is 10.5. The quantitative estimate of drug-likeness (QED) is 0.445. The van der Waals surface area contributed by atoms with Crippen LogP contribution in [-0.4, -0.2) is 27.2 Å². The molecule has 0 atom stereocenters. The molecule has 4 rings (SSSR count). The third kappa shape index (κ3) is 4.42. The molecule has 6 nitrogen and oxygen atoms in total. The number of amides is 1. The maximum atomic E-state index is 14.4. The van der Waals surface area contributed by atoms with Crippen LogP contribution in [0.3, 0.4) is 0 Å². The van der Waals surface area contributed by atoms with Gasteiger partial charge in [0.15, 0.2) is 0 Å². The number of hydrogen-bond acceptors (Lipinski definition) is 4. The van der Waals surface area contributed by atoms with E-state index in [0.29, 0.717) is 30.5 Å². The molecule has 0 spiro atoms. The van der Waals surface area contributed by atoms with Crippen molar-refractivity contribution in [1.82, 2.24) is 14.8 Å². The largest absolute Gasteiger partial charge is 0.308 e. The number of halogens is 1. The first kappa shape index (κ1) is 21.4. The molecule has 0 saturated carbocycles. The molecule has 0 aliphatic heterocycles. The molecule has 2 aromatic heterocycles. The lowest BCUT2D eigenvalue weighted by Crippen LogP contribution is -2.38. The van der Waals surface area contributed by atoms with E-state index >= 15 is 0 Å². The highest BCUT2D eigenvalue weighted by molar-refractivity contribution is 5.93. The lowest BCUT2D eigenvalue weighted by Gasteiger charge is -2.23. The van der Waals surface area contributed by atoms with Crippen molar-refractivity contribution in [2.45, 2.75) is 26.3 Å². The van der Waals surface area contributed by atoms with E-state index in [1.54, 1.807) is 42.7 Å². The van der Waals surface area contributed by atoms with Crippen LogP contribution in [0.15, 0.2) is 77.9 Å². The van der Waals surface area contributed by atoms with Gasteiger partial charge in [-0.25, -0.2) is 9.07 Å². The molecule has 1 amide bonds. The van der Waals surface area contributed by atoms with Crippen molar-refractivity contribution in [1.29, 1.82) is 0 Å². The second-order valence-electron chi connectivity index (χ2n) is 7.49. The molecular weight excluding hydrogens is 407 g/mol. The number of benzene rings is 2. The van der Waals surface area contributed by atoms with E-state index in [9.17, 15) is 14.0 Å². The lowest BCUT2D eigenvalue weighted by molar-refractivity contribution is -0.119. The van der Waals surface area contributed by atoms with Crippen molar-refractivity contribution in [2.24, 2.45) is 0 Å². The number of nitrogens with zero attached hydrogens (tertiary/aromatic N) is 4. The Balaban J connectivity index is 1.73. The molecule has 7 heteroatoms. The van der Waals surface area contributed by atoms with Crippen molar-refractivity contribution in [2.75, 3.05) is 11.4 Å². The molecule has 0 unspecified atom stereocenters. The van der Waals surface area contributed by atoms with Gasteiger partial charge in [0.05, 0.1) is 16.8 Å². The summed E-state index contributed by atoms with van der Waals surface area (Å²) in [5.74, 6) is -0.875. The third-order valence-electron chi connectivity index (χ3n) is 5.22. The number of carbonyl (C=O) groups excluding carboxylic acids is 1. The Labute approximate surface area is 185 Å². The molecule has 32 heavy (non-hydrogen) atoms. The van der Waals surface area contributed by atoms with Crippen molar-refractivity contribution < 1.29 is 9.18 Å². The molecule has 0 aliphatic carbocycles. The fourth-order valence-electron chi connectivity index (χ4n) is 3.73. The van der Waals surface area contributed by atoms with Gasteiger partial charge < -0.3 is 4.90 Å². The van der Waals surface area contributed by atoms with E-state index in [-0.39, 0.29) is 17.8 Å². The first-order valence-electron chi connectivity index (χ1n) is 10.5. The molecule has 2 aromatic carbocycles.